The van der Waals surface area contributed by atoms with E-state index >= 15 is 0 Å². The number of ether oxygens (including phenoxy) is 2. The summed E-state index contributed by atoms with van der Waals surface area (Å²) < 4.78 is 10.6. The molecule has 1 saturated heterocycles. The molecule has 0 aliphatic carbocycles. The lowest BCUT2D eigenvalue weighted by atomic mass is 10.4. The lowest BCUT2D eigenvalue weighted by Crippen LogP contribution is -2.37. The Labute approximate surface area is 110 Å². The standard InChI is InChI=1S/C10H18N6O3/c11-15-8-12-9(16-2-6-18-7-3-16)14-10(13-8)19-5-1-4-17/h17H,1-7,11H2,(H,12,13,14,15). The predicted molar refractivity (Wildman–Crippen MR) is 67.9 cm³/mol. The van der Waals surface area contributed by atoms with Crippen molar-refractivity contribution in [3.8, 4) is 6.01 Å². The summed E-state index contributed by atoms with van der Waals surface area (Å²) in [4.78, 5) is 14.4. The predicted octanol–water partition coefficient (Wildman–Crippen LogP) is -1.24. The normalized spacial score (nSPS) is 15.4. The number of nitrogens with one attached hydrogen (secondary N) is 1. The third-order valence-corrected chi connectivity index (χ3v) is 2.56. The molecule has 0 radical (unpaired) electrons. The van der Waals surface area contributed by atoms with Gasteiger partial charge >= 0.3 is 6.01 Å². The van der Waals surface area contributed by atoms with Crippen LogP contribution in [-0.2, 0) is 4.74 Å². The van der Waals surface area contributed by atoms with E-state index in [-0.39, 0.29) is 18.6 Å². The van der Waals surface area contributed by atoms with Crippen LogP contribution in [0.25, 0.3) is 0 Å². The average Bonchev–Trinajstić information content (AvgIpc) is 2.48. The minimum absolute atomic E-state index is 0.0589. The van der Waals surface area contributed by atoms with E-state index in [1.807, 2.05) is 4.90 Å². The molecule has 1 aliphatic heterocycles. The van der Waals surface area contributed by atoms with Crippen LogP contribution in [0.1, 0.15) is 6.42 Å². The first-order chi connectivity index (χ1) is 9.33. The molecule has 4 N–H and O–H groups in total. The van der Waals surface area contributed by atoms with Gasteiger partial charge in [-0.05, 0) is 0 Å². The Bertz CT molecular complexity index is 399. The number of aromatic nitrogens is 3. The van der Waals surface area contributed by atoms with Crippen LogP contribution in [0.5, 0.6) is 6.01 Å². The first kappa shape index (κ1) is 13.7. The number of morpholine rings is 1. The van der Waals surface area contributed by atoms with Crippen LogP contribution in [0.4, 0.5) is 11.9 Å². The number of nitrogen functional groups attached to an aromatic ring is 1. The van der Waals surface area contributed by atoms with E-state index < -0.39 is 0 Å². The highest BCUT2D eigenvalue weighted by molar-refractivity contribution is 5.37. The fraction of sp³-hybridized carbons (Fsp3) is 0.700. The van der Waals surface area contributed by atoms with Crippen molar-refractivity contribution in [1.29, 1.82) is 0 Å². The maximum Gasteiger partial charge on any atom is 0.323 e. The van der Waals surface area contributed by atoms with Gasteiger partial charge in [-0.1, -0.05) is 0 Å². The molecule has 0 bridgehead atoms. The quantitative estimate of drug-likeness (QED) is 0.331. The number of hydrogen-bond acceptors (Lipinski definition) is 9. The highest BCUT2D eigenvalue weighted by Gasteiger charge is 2.16. The Morgan fingerprint density at radius 3 is 2.79 bits per heavy atom. The van der Waals surface area contributed by atoms with E-state index in [0.29, 0.717) is 45.3 Å². The number of hydrogen-bond donors (Lipinski definition) is 3. The van der Waals surface area contributed by atoms with Crippen LogP contribution in [0.2, 0.25) is 0 Å². The molecule has 9 nitrogen and oxygen atoms in total. The van der Waals surface area contributed by atoms with Crippen LogP contribution in [-0.4, -0.2) is 59.6 Å². The summed E-state index contributed by atoms with van der Waals surface area (Å²) in [6.45, 7) is 3.10. The summed E-state index contributed by atoms with van der Waals surface area (Å²) in [5.41, 5.74) is 2.39. The largest absolute Gasteiger partial charge is 0.463 e. The van der Waals surface area contributed by atoms with Crippen molar-refractivity contribution in [3.05, 3.63) is 0 Å². The van der Waals surface area contributed by atoms with Crippen molar-refractivity contribution in [2.24, 2.45) is 5.84 Å². The number of nitrogens with zero attached hydrogens (tertiary/aromatic N) is 4. The van der Waals surface area contributed by atoms with Crippen molar-refractivity contribution in [3.63, 3.8) is 0 Å². The molecular weight excluding hydrogens is 252 g/mol. The van der Waals surface area contributed by atoms with Gasteiger partial charge in [0.05, 0.1) is 19.8 Å². The highest BCUT2D eigenvalue weighted by atomic mass is 16.5. The van der Waals surface area contributed by atoms with Gasteiger partial charge in [0.1, 0.15) is 0 Å². The van der Waals surface area contributed by atoms with Gasteiger partial charge in [-0.2, -0.15) is 15.0 Å². The first-order valence-corrected chi connectivity index (χ1v) is 6.12. The second-order valence-corrected chi connectivity index (χ2v) is 3.91. The molecule has 0 saturated carbocycles. The molecule has 0 spiro atoms. The van der Waals surface area contributed by atoms with Gasteiger partial charge in [0.15, 0.2) is 0 Å². The van der Waals surface area contributed by atoms with Gasteiger partial charge < -0.3 is 19.5 Å². The lowest BCUT2D eigenvalue weighted by Gasteiger charge is -2.26. The second-order valence-electron chi connectivity index (χ2n) is 3.91. The van der Waals surface area contributed by atoms with E-state index in [9.17, 15) is 0 Å². The smallest absolute Gasteiger partial charge is 0.323 e. The topological polar surface area (TPSA) is 119 Å². The zero-order valence-electron chi connectivity index (χ0n) is 10.6. The fourth-order valence-electron chi connectivity index (χ4n) is 1.61. The number of rotatable bonds is 6. The molecule has 0 atom stereocenters. The molecule has 0 aromatic carbocycles. The van der Waals surface area contributed by atoms with Gasteiger partial charge in [-0.25, -0.2) is 5.84 Å². The molecule has 1 aromatic heterocycles. The van der Waals surface area contributed by atoms with E-state index in [2.05, 4.69) is 20.4 Å². The summed E-state index contributed by atoms with van der Waals surface area (Å²) in [5, 5.41) is 8.72. The summed E-state index contributed by atoms with van der Waals surface area (Å²) in [6.07, 6.45) is 0.518. The van der Waals surface area contributed by atoms with Gasteiger partial charge in [0.2, 0.25) is 11.9 Å². The van der Waals surface area contributed by atoms with Crippen molar-refractivity contribution in [1.82, 2.24) is 15.0 Å². The summed E-state index contributed by atoms with van der Waals surface area (Å²) in [5.74, 6) is 6.08. The molecule has 0 amide bonds. The Kier molecular flexibility index (Phi) is 5.07. The van der Waals surface area contributed by atoms with Crippen molar-refractivity contribution in [2.75, 3.05) is 49.8 Å². The minimum Gasteiger partial charge on any atom is -0.463 e. The lowest BCUT2D eigenvalue weighted by molar-refractivity contribution is 0.122. The summed E-state index contributed by atoms with van der Waals surface area (Å²) in [7, 11) is 0. The van der Waals surface area contributed by atoms with E-state index in [1.54, 1.807) is 0 Å². The number of nitrogens with two attached hydrogens (primary N) is 1. The molecular formula is C10H18N6O3. The highest BCUT2D eigenvalue weighted by Crippen LogP contribution is 2.15. The number of hydrazine groups is 1. The molecule has 0 unspecified atom stereocenters. The Balaban J connectivity index is 2.10. The fourth-order valence-corrected chi connectivity index (χ4v) is 1.61. The molecule has 1 fully saturated rings. The summed E-state index contributed by atoms with van der Waals surface area (Å²) >= 11 is 0. The number of anilines is 2. The van der Waals surface area contributed by atoms with Gasteiger partial charge in [-0.15, -0.1) is 0 Å². The average molecular weight is 270 g/mol. The maximum absolute atomic E-state index is 8.72. The van der Waals surface area contributed by atoms with E-state index in [0.717, 1.165) is 0 Å². The van der Waals surface area contributed by atoms with Gasteiger partial charge in [0.25, 0.3) is 0 Å². The minimum atomic E-state index is 0.0589. The number of aliphatic hydroxyl groups is 1. The third-order valence-electron chi connectivity index (χ3n) is 2.56. The molecule has 19 heavy (non-hydrogen) atoms. The Morgan fingerprint density at radius 1 is 1.32 bits per heavy atom. The van der Waals surface area contributed by atoms with E-state index in [4.69, 9.17) is 20.4 Å². The van der Waals surface area contributed by atoms with Crippen LogP contribution >= 0.6 is 0 Å². The van der Waals surface area contributed by atoms with Gasteiger partial charge in [-0.3, -0.25) is 5.43 Å². The Morgan fingerprint density at radius 2 is 2.11 bits per heavy atom. The van der Waals surface area contributed by atoms with Crippen molar-refractivity contribution >= 4 is 11.9 Å². The maximum atomic E-state index is 8.72. The molecule has 1 aliphatic rings. The first-order valence-electron chi connectivity index (χ1n) is 6.12. The van der Waals surface area contributed by atoms with Crippen molar-refractivity contribution in [2.45, 2.75) is 6.42 Å². The van der Waals surface area contributed by atoms with Crippen LogP contribution in [0.15, 0.2) is 0 Å². The van der Waals surface area contributed by atoms with Crippen LogP contribution in [0.3, 0.4) is 0 Å². The third kappa shape index (κ3) is 3.88. The zero-order valence-corrected chi connectivity index (χ0v) is 10.6. The molecule has 9 heteroatoms. The van der Waals surface area contributed by atoms with E-state index in [1.165, 1.54) is 0 Å². The number of aliphatic hydroxyl groups excluding tert-OH is 1. The van der Waals surface area contributed by atoms with Crippen LogP contribution < -0.4 is 20.9 Å². The van der Waals surface area contributed by atoms with Crippen molar-refractivity contribution < 1.29 is 14.6 Å². The zero-order chi connectivity index (χ0) is 13.5. The summed E-state index contributed by atoms with van der Waals surface area (Å²) in [6, 6.07) is 0.192. The second kappa shape index (κ2) is 7.02. The monoisotopic (exact) mass is 270 g/mol. The van der Waals surface area contributed by atoms with Crippen LogP contribution in [0, 0.1) is 0 Å². The molecule has 1 aromatic rings. The Hall–Kier alpha value is -1.71. The SMILES string of the molecule is NNc1nc(OCCCO)nc(N2CCOCC2)n1. The van der Waals surface area contributed by atoms with Gasteiger partial charge in [0, 0.05) is 26.1 Å². The molecule has 2 rings (SSSR count). The molecule has 106 valence electrons. The molecule has 2 heterocycles.